The predicted octanol–water partition coefficient (Wildman–Crippen LogP) is 3.23. The van der Waals surface area contributed by atoms with Gasteiger partial charge in [0.25, 0.3) is 0 Å². The first-order valence-corrected chi connectivity index (χ1v) is 4.67. The molecule has 0 aromatic rings. The second-order valence-corrected chi connectivity index (χ2v) is 3.77. The van der Waals surface area contributed by atoms with Crippen molar-refractivity contribution >= 4 is 0 Å². The average molecular weight is 150 g/mol. The second kappa shape index (κ2) is 3.30. The number of hydrogen-bond donors (Lipinski definition) is 0. The van der Waals surface area contributed by atoms with E-state index in [4.69, 9.17) is 0 Å². The fraction of sp³-hybridized carbons (Fsp3) is 0.818. The lowest BCUT2D eigenvalue weighted by molar-refractivity contribution is 0.155. The lowest BCUT2D eigenvalue weighted by Crippen LogP contribution is -2.30. The zero-order valence-electron chi connectivity index (χ0n) is 7.91. The monoisotopic (exact) mass is 150 g/mol. The summed E-state index contributed by atoms with van der Waals surface area (Å²) in [6, 6.07) is 0. The topological polar surface area (TPSA) is 0 Å². The van der Waals surface area contributed by atoms with Crippen molar-refractivity contribution in [3.05, 3.63) is 0 Å². The van der Waals surface area contributed by atoms with Crippen molar-refractivity contribution in [3.63, 3.8) is 0 Å². The molecule has 0 nitrogen and oxygen atoms in total. The molecular formula is C11H18. The van der Waals surface area contributed by atoms with Crippen LogP contribution in [-0.2, 0) is 0 Å². The Balaban J connectivity index is 2.62. The van der Waals surface area contributed by atoms with Crippen LogP contribution in [0.4, 0.5) is 0 Å². The van der Waals surface area contributed by atoms with Gasteiger partial charge in [-0.25, -0.2) is 0 Å². The molecule has 0 spiro atoms. The molecule has 1 atom stereocenters. The fourth-order valence-corrected chi connectivity index (χ4v) is 1.81. The molecule has 0 heterocycles. The van der Waals surface area contributed by atoms with Crippen LogP contribution >= 0.6 is 0 Å². The molecule has 1 fully saturated rings. The lowest BCUT2D eigenvalue weighted by atomic mass is 9.65. The summed E-state index contributed by atoms with van der Waals surface area (Å²) in [5, 5.41) is 0. The zero-order chi connectivity index (χ0) is 8.32. The summed E-state index contributed by atoms with van der Waals surface area (Å²) in [4.78, 5) is 0. The largest absolute Gasteiger partial charge is 0.106 e. The van der Waals surface area contributed by atoms with Crippen LogP contribution < -0.4 is 0 Å². The van der Waals surface area contributed by atoms with Crippen LogP contribution in [0.3, 0.4) is 0 Å². The summed E-state index contributed by atoms with van der Waals surface area (Å²) in [5.41, 5.74) is 0.326. The van der Waals surface area contributed by atoms with E-state index in [1.54, 1.807) is 0 Å². The third kappa shape index (κ3) is 1.59. The summed E-state index contributed by atoms with van der Waals surface area (Å²) >= 11 is 0. The van der Waals surface area contributed by atoms with Gasteiger partial charge in [-0.3, -0.25) is 0 Å². The Morgan fingerprint density at radius 1 is 1.45 bits per heavy atom. The van der Waals surface area contributed by atoms with Gasteiger partial charge in [0.15, 0.2) is 0 Å². The van der Waals surface area contributed by atoms with Gasteiger partial charge in [-0.05, 0) is 39.0 Å². The Morgan fingerprint density at radius 2 is 2.09 bits per heavy atom. The smallest absolute Gasteiger partial charge is 0.0312 e. The summed E-state index contributed by atoms with van der Waals surface area (Å²) in [5.74, 6) is 7.31. The summed E-state index contributed by atoms with van der Waals surface area (Å²) in [7, 11) is 0. The molecule has 0 radical (unpaired) electrons. The third-order valence-corrected chi connectivity index (χ3v) is 3.15. The highest BCUT2D eigenvalue weighted by atomic mass is 14.4. The minimum absolute atomic E-state index is 0.326. The van der Waals surface area contributed by atoms with E-state index < -0.39 is 0 Å². The molecule has 62 valence electrons. The van der Waals surface area contributed by atoms with E-state index >= 15 is 0 Å². The highest BCUT2D eigenvalue weighted by Crippen LogP contribution is 2.43. The molecule has 1 rings (SSSR count). The maximum Gasteiger partial charge on any atom is 0.0312 e. The van der Waals surface area contributed by atoms with Gasteiger partial charge in [0.05, 0.1) is 0 Å². The Labute approximate surface area is 70.4 Å². The number of hydrogen-bond acceptors (Lipinski definition) is 0. The van der Waals surface area contributed by atoms with Crippen molar-refractivity contribution in [1.29, 1.82) is 0 Å². The van der Waals surface area contributed by atoms with Crippen LogP contribution in [0.2, 0.25) is 0 Å². The van der Waals surface area contributed by atoms with Crippen LogP contribution in [0.5, 0.6) is 0 Å². The molecule has 11 heavy (non-hydrogen) atoms. The minimum Gasteiger partial charge on any atom is -0.106 e. The lowest BCUT2D eigenvalue weighted by Gasteiger charge is -2.38. The SMILES string of the molecule is CC#CC(C)(CC)C1CCC1. The fourth-order valence-electron chi connectivity index (χ4n) is 1.81. The Kier molecular flexibility index (Phi) is 2.60. The third-order valence-electron chi connectivity index (χ3n) is 3.15. The van der Waals surface area contributed by atoms with Gasteiger partial charge < -0.3 is 0 Å². The molecule has 0 bridgehead atoms. The number of rotatable bonds is 2. The predicted molar refractivity (Wildman–Crippen MR) is 49.2 cm³/mol. The van der Waals surface area contributed by atoms with E-state index in [0.717, 1.165) is 5.92 Å². The first-order chi connectivity index (χ1) is 5.23. The van der Waals surface area contributed by atoms with Gasteiger partial charge in [-0.1, -0.05) is 19.3 Å². The molecule has 0 aromatic heterocycles. The molecule has 1 aliphatic rings. The first-order valence-electron chi connectivity index (χ1n) is 4.67. The molecule has 0 amide bonds. The molecule has 1 aliphatic carbocycles. The first kappa shape index (κ1) is 8.65. The van der Waals surface area contributed by atoms with Crippen molar-refractivity contribution in [2.24, 2.45) is 11.3 Å². The van der Waals surface area contributed by atoms with Crippen LogP contribution in [-0.4, -0.2) is 0 Å². The van der Waals surface area contributed by atoms with Gasteiger partial charge in [-0.2, -0.15) is 0 Å². The van der Waals surface area contributed by atoms with E-state index in [1.807, 2.05) is 6.92 Å². The Bertz CT molecular complexity index is 178. The van der Waals surface area contributed by atoms with Crippen LogP contribution in [0.1, 0.15) is 46.5 Å². The maximum absolute atomic E-state index is 3.36. The molecule has 0 N–H and O–H groups in total. The van der Waals surface area contributed by atoms with Crippen molar-refractivity contribution in [3.8, 4) is 11.8 Å². The van der Waals surface area contributed by atoms with E-state index in [9.17, 15) is 0 Å². The van der Waals surface area contributed by atoms with Crippen molar-refractivity contribution in [1.82, 2.24) is 0 Å². The summed E-state index contributed by atoms with van der Waals surface area (Å²) in [6.45, 7) is 6.52. The Hall–Kier alpha value is -0.440. The van der Waals surface area contributed by atoms with Gasteiger partial charge in [0, 0.05) is 5.41 Å². The molecular weight excluding hydrogens is 132 g/mol. The standard InChI is InChI=1S/C11H18/c1-4-9-11(3,5-2)10-7-6-8-10/h10H,5-8H2,1-3H3. The molecule has 0 aromatic carbocycles. The van der Waals surface area contributed by atoms with E-state index in [1.165, 1.54) is 25.7 Å². The average Bonchev–Trinajstić information content (AvgIpc) is 1.84. The van der Waals surface area contributed by atoms with Crippen molar-refractivity contribution in [2.75, 3.05) is 0 Å². The van der Waals surface area contributed by atoms with E-state index in [2.05, 4.69) is 25.7 Å². The normalized spacial score (nSPS) is 22.8. The van der Waals surface area contributed by atoms with Crippen molar-refractivity contribution in [2.45, 2.75) is 46.5 Å². The Morgan fingerprint density at radius 3 is 2.36 bits per heavy atom. The van der Waals surface area contributed by atoms with Crippen molar-refractivity contribution < 1.29 is 0 Å². The zero-order valence-corrected chi connectivity index (χ0v) is 7.91. The molecule has 1 unspecified atom stereocenters. The quantitative estimate of drug-likeness (QED) is 0.530. The van der Waals surface area contributed by atoms with E-state index in [0.29, 0.717) is 5.41 Å². The highest BCUT2D eigenvalue weighted by Gasteiger charge is 2.34. The second-order valence-electron chi connectivity index (χ2n) is 3.77. The van der Waals surface area contributed by atoms with Crippen LogP contribution in [0, 0.1) is 23.2 Å². The maximum atomic E-state index is 3.36. The van der Waals surface area contributed by atoms with Gasteiger partial charge in [0.2, 0.25) is 0 Å². The van der Waals surface area contributed by atoms with Crippen LogP contribution in [0.15, 0.2) is 0 Å². The highest BCUT2D eigenvalue weighted by molar-refractivity contribution is 5.11. The van der Waals surface area contributed by atoms with Gasteiger partial charge >= 0.3 is 0 Å². The summed E-state index contributed by atoms with van der Waals surface area (Å²) < 4.78 is 0. The van der Waals surface area contributed by atoms with Crippen LogP contribution in [0.25, 0.3) is 0 Å². The minimum atomic E-state index is 0.326. The van der Waals surface area contributed by atoms with Gasteiger partial charge in [0.1, 0.15) is 0 Å². The molecule has 0 aliphatic heterocycles. The molecule has 0 saturated heterocycles. The van der Waals surface area contributed by atoms with Gasteiger partial charge in [-0.15, -0.1) is 5.92 Å². The molecule has 1 saturated carbocycles. The summed E-state index contributed by atoms with van der Waals surface area (Å²) in [6.07, 6.45) is 5.43. The van der Waals surface area contributed by atoms with E-state index in [-0.39, 0.29) is 0 Å². The molecule has 0 heteroatoms.